The van der Waals surface area contributed by atoms with Gasteiger partial charge in [-0.3, -0.25) is 0 Å². The second-order valence-electron chi connectivity index (χ2n) is 4.55. The van der Waals surface area contributed by atoms with Gasteiger partial charge in [-0.2, -0.15) is 0 Å². The van der Waals surface area contributed by atoms with E-state index in [9.17, 15) is 0 Å². The van der Waals surface area contributed by atoms with Crippen LogP contribution in [0.2, 0.25) is 0 Å². The molecule has 1 aromatic carbocycles. The van der Waals surface area contributed by atoms with Gasteiger partial charge in [-0.05, 0) is 43.4 Å². The summed E-state index contributed by atoms with van der Waals surface area (Å²) in [4.78, 5) is 0. The molecule has 2 N–H and O–H groups in total. The Kier molecular flexibility index (Phi) is 4.37. The molecule has 2 heteroatoms. The van der Waals surface area contributed by atoms with Crippen molar-refractivity contribution in [1.29, 1.82) is 0 Å². The first-order valence-electron chi connectivity index (χ1n) is 6.27. The first kappa shape index (κ1) is 11.6. The summed E-state index contributed by atoms with van der Waals surface area (Å²) in [5, 5.41) is 0. The van der Waals surface area contributed by atoms with E-state index >= 15 is 0 Å². The number of hydrogen-bond acceptors (Lipinski definition) is 2. The van der Waals surface area contributed by atoms with Crippen LogP contribution in [0, 0.1) is 0 Å². The third kappa shape index (κ3) is 3.06. The third-order valence-corrected chi connectivity index (χ3v) is 3.27. The number of rotatable bonds is 5. The predicted octanol–water partition coefficient (Wildman–Crippen LogP) is 2.47. The summed E-state index contributed by atoms with van der Waals surface area (Å²) in [7, 11) is 0. The minimum Gasteiger partial charge on any atom is -0.381 e. The van der Waals surface area contributed by atoms with Gasteiger partial charge >= 0.3 is 0 Å². The Morgan fingerprint density at radius 2 is 2.25 bits per heavy atom. The van der Waals surface area contributed by atoms with Crippen molar-refractivity contribution < 1.29 is 4.74 Å². The van der Waals surface area contributed by atoms with Gasteiger partial charge in [-0.15, -0.1) is 0 Å². The van der Waals surface area contributed by atoms with Crippen molar-refractivity contribution in [1.82, 2.24) is 0 Å². The first-order valence-corrected chi connectivity index (χ1v) is 6.27. The Morgan fingerprint density at radius 1 is 1.31 bits per heavy atom. The largest absolute Gasteiger partial charge is 0.381 e. The van der Waals surface area contributed by atoms with Crippen LogP contribution in [-0.2, 0) is 11.2 Å². The van der Waals surface area contributed by atoms with E-state index in [4.69, 9.17) is 10.5 Å². The van der Waals surface area contributed by atoms with E-state index < -0.39 is 0 Å². The second kappa shape index (κ2) is 6.02. The van der Waals surface area contributed by atoms with Gasteiger partial charge in [0.2, 0.25) is 0 Å². The highest BCUT2D eigenvalue weighted by molar-refractivity contribution is 5.27. The van der Waals surface area contributed by atoms with Crippen LogP contribution in [0.1, 0.15) is 36.3 Å². The molecule has 2 rings (SSSR count). The van der Waals surface area contributed by atoms with Crippen LogP contribution in [0.25, 0.3) is 0 Å². The SMILES string of the molecule is NCCCCc1cccc(C2CCOC2)c1. The molecule has 1 saturated heterocycles. The highest BCUT2D eigenvalue weighted by atomic mass is 16.5. The average Bonchev–Trinajstić information content (AvgIpc) is 2.83. The number of hydrogen-bond donors (Lipinski definition) is 1. The molecule has 0 spiro atoms. The molecule has 88 valence electrons. The molecule has 1 fully saturated rings. The summed E-state index contributed by atoms with van der Waals surface area (Å²) in [6.45, 7) is 2.62. The van der Waals surface area contributed by atoms with E-state index in [2.05, 4.69) is 24.3 Å². The molecule has 16 heavy (non-hydrogen) atoms. The van der Waals surface area contributed by atoms with Crippen LogP contribution in [0.5, 0.6) is 0 Å². The maximum atomic E-state index is 5.51. The third-order valence-electron chi connectivity index (χ3n) is 3.27. The molecule has 1 atom stereocenters. The molecule has 0 aromatic heterocycles. The van der Waals surface area contributed by atoms with Crippen LogP contribution in [0.3, 0.4) is 0 Å². The zero-order valence-corrected chi connectivity index (χ0v) is 9.82. The molecule has 1 unspecified atom stereocenters. The van der Waals surface area contributed by atoms with E-state index in [1.165, 1.54) is 24.0 Å². The van der Waals surface area contributed by atoms with Gasteiger partial charge in [-0.25, -0.2) is 0 Å². The molecule has 0 radical (unpaired) electrons. The van der Waals surface area contributed by atoms with Crippen molar-refractivity contribution in [3.8, 4) is 0 Å². The quantitative estimate of drug-likeness (QED) is 0.772. The number of benzene rings is 1. The standard InChI is InChI=1S/C14H21NO/c15-8-2-1-4-12-5-3-6-13(10-12)14-7-9-16-11-14/h3,5-6,10,14H,1-2,4,7-9,11,15H2. The molecule has 2 nitrogen and oxygen atoms in total. The number of ether oxygens (including phenoxy) is 1. The number of nitrogens with two attached hydrogens (primary N) is 1. The molecule has 0 bridgehead atoms. The summed E-state index contributed by atoms with van der Waals surface area (Å²) >= 11 is 0. The van der Waals surface area contributed by atoms with Crippen molar-refractivity contribution >= 4 is 0 Å². The normalized spacial score (nSPS) is 20.2. The van der Waals surface area contributed by atoms with E-state index in [1.807, 2.05) is 0 Å². The van der Waals surface area contributed by atoms with Gasteiger partial charge in [0.05, 0.1) is 6.61 Å². The molecule has 1 heterocycles. The lowest BCUT2D eigenvalue weighted by Crippen LogP contribution is -2.00. The molecule has 0 aliphatic carbocycles. The van der Waals surface area contributed by atoms with Crippen molar-refractivity contribution in [3.05, 3.63) is 35.4 Å². The van der Waals surface area contributed by atoms with Gasteiger partial charge in [0.15, 0.2) is 0 Å². The van der Waals surface area contributed by atoms with Crippen molar-refractivity contribution in [2.24, 2.45) is 5.73 Å². The molecule has 0 saturated carbocycles. The summed E-state index contributed by atoms with van der Waals surface area (Å²) in [5.41, 5.74) is 8.40. The Labute approximate surface area is 97.8 Å². The van der Waals surface area contributed by atoms with Gasteiger partial charge in [-0.1, -0.05) is 24.3 Å². The zero-order valence-electron chi connectivity index (χ0n) is 9.82. The van der Waals surface area contributed by atoms with Gasteiger partial charge in [0, 0.05) is 12.5 Å². The maximum absolute atomic E-state index is 5.51. The van der Waals surface area contributed by atoms with Crippen LogP contribution in [0.15, 0.2) is 24.3 Å². The fourth-order valence-electron chi connectivity index (χ4n) is 2.27. The van der Waals surface area contributed by atoms with Crippen LogP contribution >= 0.6 is 0 Å². The maximum Gasteiger partial charge on any atom is 0.0535 e. The molecular formula is C14H21NO. The number of aryl methyl sites for hydroxylation is 1. The summed E-state index contributed by atoms with van der Waals surface area (Å²) in [5.74, 6) is 0.620. The lowest BCUT2D eigenvalue weighted by atomic mass is 9.95. The Balaban J connectivity index is 1.95. The van der Waals surface area contributed by atoms with Crippen LogP contribution in [0.4, 0.5) is 0 Å². The average molecular weight is 219 g/mol. The van der Waals surface area contributed by atoms with E-state index in [0.717, 1.165) is 32.6 Å². The van der Waals surface area contributed by atoms with E-state index in [-0.39, 0.29) is 0 Å². The topological polar surface area (TPSA) is 35.2 Å². The second-order valence-corrected chi connectivity index (χ2v) is 4.55. The molecule has 1 aromatic rings. The summed E-state index contributed by atoms with van der Waals surface area (Å²) in [6, 6.07) is 8.96. The van der Waals surface area contributed by atoms with E-state index in [1.54, 1.807) is 0 Å². The summed E-state index contributed by atoms with van der Waals surface area (Å²) in [6.07, 6.45) is 4.64. The molecule has 1 aliphatic rings. The summed E-state index contributed by atoms with van der Waals surface area (Å²) < 4.78 is 5.43. The van der Waals surface area contributed by atoms with Crippen LogP contribution in [-0.4, -0.2) is 19.8 Å². The minimum atomic E-state index is 0.620. The van der Waals surface area contributed by atoms with Crippen LogP contribution < -0.4 is 5.73 Å². The van der Waals surface area contributed by atoms with Crippen molar-refractivity contribution in [2.75, 3.05) is 19.8 Å². The Hall–Kier alpha value is -0.860. The Bertz CT molecular complexity index is 318. The van der Waals surface area contributed by atoms with Crippen molar-refractivity contribution in [3.63, 3.8) is 0 Å². The fourth-order valence-corrected chi connectivity index (χ4v) is 2.27. The molecule has 0 amide bonds. The molecular weight excluding hydrogens is 198 g/mol. The zero-order chi connectivity index (χ0) is 11.2. The van der Waals surface area contributed by atoms with Gasteiger partial charge < -0.3 is 10.5 Å². The van der Waals surface area contributed by atoms with Gasteiger partial charge in [0.25, 0.3) is 0 Å². The fraction of sp³-hybridized carbons (Fsp3) is 0.571. The van der Waals surface area contributed by atoms with E-state index in [0.29, 0.717) is 5.92 Å². The molecule has 1 aliphatic heterocycles. The smallest absolute Gasteiger partial charge is 0.0535 e. The van der Waals surface area contributed by atoms with Crippen molar-refractivity contribution in [2.45, 2.75) is 31.6 Å². The minimum absolute atomic E-state index is 0.620. The first-order chi connectivity index (χ1) is 7.90. The monoisotopic (exact) mass is 219 g/mol. The Morgan fingerprint density at radius 3 is 3.00 bits per heavy atom. The van der Waals surface area contributed by atoms with Gasteiger partial charge in [0.1, 0.15) is 0 Å². The number of unbranched alkanes of at least 4 members (excludes halogenated alkanes) is 1. The highest BCUT2D eigenvalue weighted by Gasteiger charge is 2.17. The lowest BCUT2D eigenvalue weighted by molar-refractivity contribution is 0.194. The highest BCUT2D eigenvalue weighted by Crippen LogP contribution is 2.25. The predicted molar refractivity (Wildman–Crippen MR) is 66.6 cm³/mol. The lowest BCUT2D eigenvalue weighted by Gasteiger charge is -2.09.